The maximum Gasteiger partial charge on any atom is 0.217 e. The van der Waals surface area contributed by atoms with Crippen molar-refractivity contribution in [1.82, 2.24) is 4.98 Å². The van der Waals surface area contributed by atoms with Gasteiger partial charge >= 0.3 is 0 Å². The van der Waals surface area contributed by atoms with Crippen molar-refractivity contribution in [2.45, 2.75) is 26.8 Å². The Kier molecular flexibility index (Phi) is 3.37. The van der Waals surface area contributed by atoms with E-state index in [9.17, 15) is 4.39 Å². The van der Waals surface area contributed by atoms with Crippen LogP contribution in [0, 0.1) is 11.9 Å². The normalized spacial score (nSPS) is 10.8. The van der Waals surface area contributed by atoms with E-state index < -0.39 is 5.95 Å². The van der Waals surface area contributed by atoms with Crippen LogP contribution in [0.4, 0.5) is 4.39 Å². The third-order valence-electron chi connectivity index (χ3n) is 1.82. The van der Waals surface area contributed by atoms with Crippen molar-refractivity contribution in [1.29, 1.82) is 0 Å². The second kappa shape index (κ2) is 4.33. The van der Waals surface area contributed by atoms with Gasteiger partial charge in [-0.1, -0.05) is 19.9 Å². The highest BCUT2D eigenvalue weighted by Gasteiger charge is 2.04. The van der Waals surface area contributed by atoms with Crippen LogP contribution in [0.5, 0.6) is 0 Å². The summed E-state index contributed by atoms with van der Waals surface area (Å²) in [6.45, 7) is 4.37. The molecule has 0 amide bonds. The first-order chi connectivity index (χ1) is 6.13. The van der Waals surface area contributed by atoms with Crippen molar-refractivity contribution >= 4 is 0 Å². The number of rotatable bonds is 3. The summed E-state index contributed by atoms with van der Waals surface area (Å²) >= 11 is 0. The van der Waals surface area contributed by atoms with Gasteiger partial charge in [-0.2, -0.15) is 4.39 Å². The number of halogens is 1. The molecule has 0 radical (unpaired) electrons. The second-order valence-corrected chi connectivity index (χ2v) is 3.55. The number of hydrogen-bond donors (Lipinski definition) is 1. The topological polar surface area (TPSA) is 38.9 Å². The lowest BCUT2D eigenvalue weighted by Crippen LogP contribution is -2.05. The molecule has 0 spiro atoms. The molecular weight excluding hydrogens is 167 g/mol. The largest absolute Gasteiger partial charge is 0.326 e. The molecule has 0 unspecified atom stereocenters. The van der Waals surface area contributed by atoms with Crippen LogP contribution in [0.3, 0.4) is 0 Å². The molecule has 0 aliphatic heterocycles. The minimum absolute atomic E-state index is 0.209. The predicted octanol–water partition coefficient (Wildman–Crippen LogP) is 1.88. The first-order valence-corrected chi connectivity index (χ1v) is 4.48. The molecule has 2 nitrogen and oxygen atoms in total. The van der Waals surface area contributed by atoms with Gasteiger partial charge < -0.3 is 5.73 Å². The monoisotopic (exact) mass is 182 g/mol. The summed E-state index contributed by atoms with van der Waals surface area (Å²) in [6, 6.07) is 3.55. The number of nitrogens with zero attached hydrogens (tertiary/aromatic N) is 1. The van der Waals surface area contributed by atoms with Crippen LogP contribution in [0.2, 0.25) is 0 Å². The fraction of sp³-hybridized carbons (Fsp3) is 0.500. The number of aromatic nitrogens is 1. The highest BCUT2D eigenvalue weighted by molar-refractivity contribution is 5.15. The van der Waals surface area contributed by atoms with Gasteiger partial charge in [-0.05, 0) is 18.4 Å². The van der Waals surface area contributed by atoms with Gasteiger partial charge in [-0.25, -0.2) is 4.98 Å². The first-order valence-electron chi connectivity index (χ1n) is 4.48. The molecule has 0 saturated carbocycles. The molecule has 0 atom stereocenters. The molecule has 0 bridgehead atoms. The quantitative estimate of drug-likeness (QED) is 0.725. The van der Waals surface area contributed by atoms with E-state index in [-0.39, 0.29) is 6.54 Å². The molecule has 0 aliphatic rings. The molecule has 2 N–H and O–H groups in total. The zero-order valence-corrected chi connectivity index (χ0v) is 8.05. The number of nitrogens with two attached hydrogens (primary N) is 1. The van der Waals surface area contributed by atoms with Crippen LogP contribution in [-0.4, -0.2) is 4.98 Å². The molecule has 1 heterocycles. The van der Waals surface area contributed by atoms with E-state index in [1.165, 1.54) is 0 Å². The van der Waals surface area contributed by atoms with Gasteiger partial charge in [0.1, 0.15) is 0 Å². The number of hydrogen-bond acceptors (Lipinski definition) is 2. The molecule has 0 aliphatic carbocycles. The third kappa shape index (κ3) is 2.77. The van der Waals surface area contributed by atoms with Gasteiger partial charge in [0.2, 0.25) is 5.95 Å². The Morgan fingerprint density at radius 1 is 1.46 bits per heavy atom. The zero-order valence-electron chi connectivity index (χ0n) is 8.05. The Morgan fingerprint density at radius 2 is 2.15 bits per heavy atom. The standard InChI is InChI=1S/C10H15FN2/c1-7(2)5-9-4-3-8(6-12)10(11)13-9/h3-4,7H,5-6,12H2,1-2H3. The zero-order chi connectivity index (χ0) is 9.84. The summed E-state index contributed by atoms with van der Waals surface area (Å²) in [5, 5.41) is 0. The molecule has 72 valence electrons. The second-order valence-electron chi connectivity index (χ2n) is 3.55. The summed E-state index contributed by atoms with van der Waals surface area (Å²) in [7, 11) is 0. The van der Waals surface area contributed by atoms with E-state index >= 15 is 0 Å². The molecule has 0 aromatic carbocycles. The highest BCUT2D eigenvalue weighted by Crippen LogP contribution is 2.09. The van der Waals surface area contributed by atoms with Crippen LogP contribution in [0.1, 0.15) is 25.1 Å². The van der Waals surface area contributed by atoms with Crippen LogP contribution >= 0.6 is 0 Å². The summed E-state index contributed by atoms with van der Waals surface area (Å²) < 4.78 is 13.1. The summed E-state index contributed by atoms with van der Waals surface area (Å²) in [6.07, 6.45) is 0.807. The number of pyridine rings is 1. The molecular formula is C10H15FN2. The fourth-order valence-corrected chi connectivity index (χ4v) is 1.18. The van der Waals surface area contributed by atoms with Crippen LogP contribution in [-0.2, 0) is 13.0 Å². The lowest BCUT2D eigenvalue weighted by molar-refractivity contribution is 0.548. The Balaban J connectivity index is 2.83. The first kappa shape index (κ1) is 10.1. The summed E-state index contributed by atoms with van der Waals surface area (Å²) in [5.74, 6) is 0.0660. The highest BCUT2D eigenvalue weighted by atomic mass is 19.1. The lowest BCUT2D eigenvalue weighted by atomic mass is 10.1. The SMILES string of the molecule is CC(C)Cc1ccc(CN)c(F)n1. The molecule has 1 rings (SSSR count). The molecule has 1 aromatic heterocycles. The van der Waals surface area contributed by atoms with Crippen molar-refractivity contribution in [3.05, 3.63) is 29.3 Å². The lowest BCUT2D eigenvalue weighted by Gasteiger charge is -2.05. The Bertz CT molecular complexity index is 284. The average molecular weight is 182 g/mol. The minimum Gasteiger partial charge on any atom is -0.326 e. The van der Waals surface area contributed by atoms with Gasteiger partial charge in [0.15, 0.2) is 0 Å². The Morgan fingerprint density at radius 3 is 2.62 bits per heavy atom. The van der Waals surface area contributed by atoms with E-state index in [1.807, 2.05) is 6.07 Å². The summed E-state index contributed by atoms with van der Waals surface area (Å²) in [4.78, 5) is 3.84. The fourth-order valence-electron chi connectivity index (χ4n) is 1.18. The van der Waals surface area contributed by atoms with E-state index in [4.69, 9.17) is 5.73 Å². The van der Waals surface area contributed by atoms with E-state index in [2.05, 4.69) is 18.8 Å². The van der Waals surface area contributed by atoms with E-state index in [1.54, 1.807) is 6.07 Å². The smallest absolute Gasteiger partial charge is 0.217 e. The van der Waals surface area contributed by atoms with Gasteiger partial charge in [0.05, 0.1) is 0 Å². The van der Waals surface area contributed by atoms with Gasteiger partial charge in [0, 0.05) is 17.8 Å². The van der Waals surface area contributed by atoms with Crippen molar-refractivity contribution in [3.8, 4) is 0 Å². The molecule has 13 heavy (non-hydrogen) atoms. The molecule has 0 saturated heterocycles. The molecule has 0 fully saturated rings. The molecule has 1 aromatic rings. The predicted molar refractivity (Wildman–Crippen MR) is 50.6 cm³/mol. The third-order valence-corrected chi connectivity index (χ3v) is 1.82. The van der Waals surface area contributed by atoms with Gasteiger partial charge in [-0.3, -0.25) is 0 Å². The Hall–Kier alpha value is -0.960. The Labute approximate surface area is 78.0 Å². The van der Waals surface area contributed by atoms with Gasteiger partial charge in [-0.15, -0.1) is 0 Å². The van der Waals surface area contributed by atoms with Crippen LogP contribution in [0.15, 0.2) is 12.1 Å². The summed E-state index contributed by atoms with van der Waals surface area (Å²) in [5.41, 5.74) is 6.60. The van der Waals surface area contributed by atoms with E-state index in [0.717, 1.165) is 12.1 Å². The van der Waals surface area contributed by atoms with Crippen molar-refractivity contribution in [3.63, 3.8) is 0 Å². The maximum atomic E-state index is 13.1. The van der Waals surface area contributed by atoms with Crippen molar-refractivity contribution in [2.24, 2.45) is 11.7 Å². The minimum atomic E-state index is -0.430. The molecule has 3 heteroatoms. The van der Waals surface area contributed by atoms with Crippen molar-refractivity contribution < 1.29 is 4.39 Å². The van der Waals surface area contributed by atoms with Gasteiger partial charge in [0.25, 0.3) is 0 Å². The van der Waals surface area contributed by atoms with Crippen molar-refractivity contribution in [2.75, 3.05) is 0 Å². The van der Waals surface area contributed by atoms with Crippen LogP contribution < -0.4 is 5.73 Å². The van der Waals surface area contributed by atoms with Crippen LogP contribution in [0.25, 0.3) is 0 Å². The van der Waals surface area contributed by atoms with E-state index in [0.29, 0.717) is 11.5 Å². The average Bonchev–Trinajstić information content (AvgIpc) is 2.03. The maximum absolute atomic E-state index is 13.1.